The van der Waals surface area contributed by atoms with E-state index in [2.05, 4.69) is 37.1 Å². The standard InChI is InChI=1S/C16H20N6O/c1-12-4-5-13(20-16(23)14-17-6-3-7-18-14)19-15(12)22-10-8-21(2)9-11-22/h3-7H,8-11H2,1-2H3,(H,19,20,23). The molecule has 0 bridgehead atoms. The van der Waals surface area contributed by atoms with Crippen LogP contribution in [0.5, 0.6) is 0 Å². The second-order valence-electron chi connectivity index (χ2n) is 5.65. The minimum atomic E-state index is -0.355. The van der Waals surface area contributed by atoms with Crippen LogP contribution >= 0.6 is 0 Å². The summed E-state index contributed by atoms with van der Waals surface area (Å²) in [5.74, 6) is 1.22. The Morgan fingerprint density at radius 1 is 1.13 bits per heavy atom. The number of aromatic nitrogens is 3. The Kier molecular flexibility index (Phi) is 4.47. The van der Waals surface area contributed by atoms with E-state index < -0.39 is 0 Å². The molecule has 2 aromatic heterocycles. The lowest BCUT2D eigenvalue weighted by atomic mass is 10.2. The van der Waals surface area contributed by atoms with Gasteiger partial charge < -0.3 is 15.1 Å². The number of amides is 1. The Morgan fingerprint density at radius 3 is 2.52 bits per heavy atom. The number of carbonyl (C=O) groups excluding carboxylic acids is 1. The van der Waals surface area contributed by atoms with Gasteiger partial charge in [0.05, 0.1) is 0 Å². The zero-order valence-electron chi connectivity index (χ0n) is 13.4. The third-order valence-electron chi connectivity index (χ3n) is 3.88. The molecular weight excluding hydrogens is 292 g/mol. The van der Waals surface area contributed by atoms with Crippen LogP contribution in [-0.4, -0.2) is 59.0 Å². The molecule has 0 saturated carbocycles. The summed E-state index contributed by atoms with van der Waals surface area (Å²) in [6, 6.07) is 5.45. The van der Waals surface area contributed by atoms with Crippen molar-refractivity contribution in [2.45, 2.75) is 6.92 Å². The number of nitrogens with zero attached hydrogens (tertiary/aromatic N) is 5. The smallest absolute Gasteiger partial charge is 0.294 e. The van der Waals surface area contributed by atoms with E-state index in [1.807, 2.05) is 13.0 Å². The number of aryl methyl sites for hydroxylation is 1. The van der Waals surface area contributed by atoms with E-state index >= 15 is 0 Å². The monoisotopic (exact) mass is 312 g/mol. The lowest BCUT2D eigenvalue weighted by Crippen LogP contribution is -2.45. The SMILES string of the molecule is Cc1ccc(NC(=O)c2ncccn2)nc1N1CCN(C)CC1. The fourth-order valence-corrected chi connectivity index (χ4v) is 2.51. The molecular formula is C16H20N6O. The molecule has 120 valence electrons. The maximum atomic E-state index is 12.1. The average Bonchev–Trinajstić information content (AvgIpc) is 2.58. The number of rotatable bonds is 3. The third-order valence-corrected chi connectivity index (χ3v) is 3.88. The normalized spacial score (nSPS) is 15.5. The largest absolute Gasteiger partial charge is 0.354 e. The van der Waals surface area contributed by atoms with Crippen molar-refractivity contribution in [2.24, 2.45) is 0 Å². The van der Waals surface area contributed by atoms with Crippen LogP contribution in [0.25, 0.3) is 0 Å². The quantitative estimate of drug-likeness (QED) is 0.917. The van der Waals surface area contributed by atoms with Gasteiger partial charge in [-0.2, -0.15) is 0 Å². The topological polar surface area (TPSA) is 74.2 Å². The van der Waals surface area contributed by atoms with Gasteiger partial charge >= 0.3 is 0 Å². The van der Waals surface area contributed by atoms with Crippen molar-refractivity contribution in [2.75, 3.05) is 43.4 Å². The lowest BCUT2D eigenvalue weighted by Gasteiger charge is -2.34. The number of nitrogens with one attached hydrogen (secondary N) is 1. The summed E-state index contributed by atoms with van der Waals surface area (Å²) in [6.45, 7) is 5.92. The second-order valence-corrected chi connectivity index (χ2v) is 5.65. The van der Waals surface area contributed by atoms with Crippen molar-refractivity contribution >= 4 is 17.5 Å². The molecule has 3 heterocycles. The zero-order valence-corrected chi connectivity index (χ0v) is 13.4. The van der Waals surface area contributed by atoms with Crippen LogP contribution in [0.3, 0.4) is 0 Å². The maximum Gasteiger partial charge on any atom is 0.294 e. The molecule has 23 heavy (non-hydrogen) atoms. The molecule has 0 spiro atoms. The van der Waals surface area contributed by atoms with Crippen LogP contribution < -0.4 is 10.2 Å². The Bertz CT molecular complexity index is 682. The molecule has 7 nitrogen and oxygen atoms in total. The molecule has 1 N–H and O–H groups in total. The first-order valence-corrected chi connectivity index (χ1v) is 7.63. The molecule has 1 aliphatic heterocycles. The van der Waals surface area contributed by atoms with Crippen LogP contribution in [0.15, 0.2) is 30.6 Å². The van der Waals surface area contributed by atoms with Gasteiger partial charge in [-0.3, -0.25) is 4.79 Å². The minimum absolute atomic E-state index is 0.135. The lowest BCUT2D eigenvalue weighted by molar-refractivity contribution is 0.101. The van der Waals surface area contributed by atoms with Crippen molar-refractivity contribution in [3.63, 3.8) is 0 Å². The Morgan fingerprint density at radius 2 is 1.83 bits per heavy atom. The Hall–Kier alpha value is -2.54. The number of hydrogen-bond donors (Lipinski definition) is 1. The van der Waals surface area contributed by atoms with Crippen LogP contribution in [0, 0.1) is 6.92 Å². The molecule has 1 amide bonds. The van der Waals surface area contributed by atoms with Crippen LogP contribution in [-0.2, 0) is 0 Å². The van der Waals surface area contributed by atoms with E-state index in [1.165, 1.54) is 0 Å². The summed E-state index contributed by atoms with van der Waals surface area (Å²) in [6.07, 6.45) is 3.08. The number of likely N-dealkylation sites (N-methyl/N-ethyl adjacent to an activating group) is 1. The molecule has 3 rings (SSSR count). The summed E-state index contributed by atoms with van der Waals surface area (Å²) >= 11 is 0. The van der Waals surface area contributed by atoms with Crippen molar-refractivity contribution < 1.29 is 4.79 Å². The maximum absolute atomic E-state index is 12.1. The van der Waals surface area contributed by atoms with Crippen molar-refractivity contribution in [3.8, 4) is 0 Å². The molecule has 0 radical (unpaired) electrons. The fraction of sp³-hybridized carbons (Fsp3) is 0.375. The summed E-state index contributed by atoms with van der Waals surface area (Å²) in [7, 11) is 2.12. The highest BCUT2D eigenvalue weighted by atomic mass is 16.2. The molecule has 1 aliphatic rings. The summed E-state index contributed by atoms with van der Waals surface area (Å²) in [4.78, 5) is 29.2. The summed E-state index contributed by atoms with van der Waals surface area (Å²) < 4.78 is 0. The first-order valence-electron chi connectivity index (χ1n) is 7.63. The molecule has 0 atom stereocenters. The van der Waals surface area contributed by atoms with Crippen LogP contribution in [0.2, 0.25) is 0 Å². The van der Waals surface area contributed by atoms with Gasteiger partial charge in [0.15, 0.2) is 0 Å². The Balaban J connectivity index is 1.76. The van der Waals surface area contributed by atoms with Crippen molar-refractivity contribution in [1.29, 1.82) is 0 Å². The summed E-state index contributed by atoms with van der Waals surface area (Å²) in [5, 5.41) is 2.76. The number of pyridine rings is 1. The number of piperazine rings is 1. The molecule has 1 saturated heterocycles. The minimum Gasteiger partial charge on any atom is -0.354 e. The molecule has 1 fully saturated rings. The van der Waals surface area contributed by atoms with Gasteiger partial charge in [0.25, 0.3) is 5.91 Å². The van der Waals surface area contributed by atoms with E-state index in [1.54, 1.807) is 24.5 Å². The first kappa shape index (κ1) is 15.4. The van der Waals surface area contributed by atoms with Gasteiger partial charge in [0, 0.05) is 38.6 Å². The highest BCUT2D eigenvalue weighted by Gasteiger charge is 2.18. The van der Waals surface area contributed by atoms with E-state index in [0.29, 0.717) is 5.82 Å². The predicted octanol–water partition coefficient (Wildman–Crippen LogP) is 1.18. The van der Waals surface area contributed by atoms with Crippen molar-refractivity contribution in [3.05, 3.63) is 42.0 Å². The number of anilines is 2. The predicted molar refractivity (Wildman–Crippen MR) is 88.7 cm³/mol. The van der Waals surface area contributed by atoms with E-state index in [-0.39, 0.29) is 11.7 Å². The van der Waals surface area contributed by atoms with Gasteiger partial charge in [-0.1, -0.05) is 6.07 Å². The number of hydrogen-bond acceptors (Lipinski definition) is 6. The highest BCUT2D eigenvalue weighted by molar-refractivity contribution is 6.00. The van der Waals surface area contributed by atoms with E-state index in [9.17, 15) is 4.79 Å². The number of carbonyl (C=O) groups is 1. The van der Waals surface area contributed by atoms with Crippen LogP contribution in [0.4, 0.5) is 11.6 Å². The van der Waals surface area contributed by atoms with Crippen LogP contribution in [0.1, 0.15) is 16.2 Å². The van der Waals surface area contributed by atoms with Gasteiger partial charge in [0.1, 0.15) is 11.6 Å². The van der Waals surface area contributed by atoms with Crippen molar-refractivity contribution in [1.82, 2.24) is 19.9 Å². The molecule has 0 unspecified atom stereocenters. The molecule has 2 aromatic rings. The fourth-order valence-electron chi connectivity index (χ4n) is 2.51. The first-order chi connectivity index (χ1) is 11.1. The van der Waals surface area contributed by atoms with Gasteiger partial charge in [-0.25, -0.2) is 15.0 Å². The highest BCUT2D eigenvalue weighted by Crippen LogP contribution is 2.21. The molecule has 7 heteroatoms. The Labute approximate surface area is 135 Å². The molecule has 0 aromatic carbocycles. The van der Waals surface area contributed by atoms with Gasteiger partial charge in [-0.05, 0) is 31.7 Å². The third kappa shape index (κ3) is 3.62. The van der Waals surface area contributed by atoms with Gasteiger partial charge in [0.2, 0.25) is 5.82 Å². The second kappa shape index (κ2) is 6.70. The summed E-state index contributed by atoms with van der Waals surface area (Å²) in [5.41, 5.74) is 1.10. The molecule has 0 aliphatic carbocycles. The zero-order chi connectivity index (χ0) is 16.2. The average molecular weight is 312 g/mol. The van der Waals surface area contributed by atoms with E-state index in [0.717, 1.165) is 37.6 Å². The van der Waals surface area contributed by atoms with Gasteiger partial charge in [-0.15, -0.1) is 0 Å². The van der Waals surface area contributed by atoms with E-state index in [4.69, 9.17) is 0 Å².